The van der Waals surface area contributed by atoms with E-state index in [1.165, 1.54) is 22.7 Å². The minimum Gasteiger partial charge on any atom is -0.369 e. The van der Waals surface area contributed by atoms with Crippen molar-refractivity contribution in [3.63, 3.8) is 0 Å². The van der Waals surface area contributed by atoms with Gasteiger partial charge in [0.05, 0.1) is 0 Å². The molecule has 94 valence electrons. The van der Waals surface area contributed by atoms with Gasteiger partial charge in [0.15, 0.2) is 0 Å². The molecule has 0 aromatic carbocycles. The van der Waals surface area contributed by atoms with Gasteiger partial charge in [-0.25, -0.2) is 0 Å². The summed E-state index contributed by atoms with van der Waals surface area (Å²) in [5.74, 6) is -0.352. The third-order valence-electron chi connectivity index (χ3n) is 3.21. The number of hydrogen-bond acceptors (Lipinski definition) is 3. The predicted octanol–water partition coefficient (Wildman–Crippen LogP) is -0.620. The zero-order chi connectivity index (χ0) is 12.6. The molecule has 1 fully saturated rings. The fourth-order valence-corrected chi connectivity index (χ4v) is 2.79. The molecule has 0 spiro atoms. The SMILES string of the molecule is CN(C)S(=O)(=O)N1CCC(C)(C(N)=O)CC1. The molecular weight excluding hydrogens is 230 g/mol. The van der Waals surface area contributed by atoms with E-state index in [0.29, 0.717) is 25.9 Å². The number of primary amides is 1. The van der Waals surface area contributed by atoms with Crippen LogP contribution < -0.4 is 5.73 Å². The number of amides is 1. The van der Waals surface area contributed by atoms with E-state index in [4.69, 9.17) is 5.73 Å². The lowest BCUT2D eigenvalue weighted by molar-refractivity contribution is -0.128. The monoisotopic (exact) mass is 249 g/mol. The fraction of sp³-hybridized carbons (Fsp3) is 0.889. The first-order valence-corrected chi connectivity index (χ1v) is 6.57. The van der Waals surface area contributed by atoms with Gasteiger partial charge in [0, 0.05) is 32.6 Å². The summed E-state index contributed by atoms with van der Waals surface area (Å²) in [5, 5.41) is 0. The van der Waals surface area contributed by atoms with Crippen molar-refractivity contribution in [2.75, 3.05) is 27.2 Å². The Morgan fingerprint density at radius 3 is 2.06 bits per heavy atom. The summed E-state index contributed by atoms with van der Waals surface area (Å²) in [6.45, 7) is 2.48. The molecule has 1 heterocycles. The molecule has 0 aromatic heterocycles. The Morgan fingerprint density at radius 2 is 1.75 bits per heavy atom. The summed E-state index contributed by atoms with van der Waals surface area (Å²) in [6.07, 6.45) is 0.963. The largest absolute Gasteiger partial charge is 0.369 e. The molecule has 1 aliphatic rings. The normalized spacial score (nSPS) is 22.2. The first-order valence-electron chi connectivity index (χ1n) is 5.18. The van der Waals surface area contributed by atoms with Crippen LogP contribution in [0.25, 0.3) is 0 Å². The average Bonchev–Trinajstić information content (AvgIpc) is 2.18. The highest BCUT2D eigenvalue weighted by Crippen LogP contribution is 2.31. The predicted molar refractivity (Wildman–Crippen MR) is 60.7 cm³/mol. The first kappa shape index (κ1) is 13.4. The van der Waals surface area contributed by atoms with E-state index in [0.717, 1.165) is 0 Å². The third kappa shape index (κ3) is 2.36. The van der Waals surface area contributed by atoms with Gasteiger partial charge in [-0.15, -0.1) is 0 Å². The Hall–Kier alpha value is -0.660. The van der Waals surface area contributed by atoms with Crippen molar-refractivity contribution in [3.05, 3.63) is 0 Å². The van der Waals surface area contributed by atoms with Gasteiger partial charge in [0.25, 0.3) is 10.2 Å². The van der Waals surface area contributed by atoms with Crippen molar-refractivity contribution >= 4 is 16.1 Å². The molecule has 1 aliphatic heterocycles. The van der Waals surface area contributed by atoms with Crippen molar-refractivity contribution < 1.29 is 13.2 Å². The Balaban J connectivity index is 2.73. The second kappa shape index (κ2) is 4.31. The number of hydrogen-bond donors (Lipinski definition) is 1. The maximum absolute atomic E-state index is 11.8. The van der Waals surface area contributed by atoms with Gasteiger partial charge in [-0.2, -0.15) is 17.0 Å². The summed E-state index contributed by atoms with van der Waals surface area (Å²) < 4.78 is 26.2. The second-order valence-corrected chi connectivity index (χ2v) is 6.76. The van der Waals surface area contributed by atoms with Crippen LogP contribution in [-0.4, -0.2) is 50.1 Å². The van der Waals surface area contributed by atoms with Gasteiger partial charge in [-0.05, 0) is 12.8 Å². The van der Waals surface area contributed by atoms with Crippen molar-refractivity contribution in [1.29, 1.82) is 0 Å². The van der Waals surface area contributed by atoms with Crippen molar-refractivity contribution in [1.82, 2.24) is 8.61 Å². The first-order chi connectivity index (χ1) is 7.20. The van der Waals surface area contributed by atoms with Gasteiger partial charge in [-0.1, -0.05) is 6.92 Å². The molecular formula is C9H19N3O3S. The molecule has 1 saturated heterocycles. The standard InChI is InChI=1S/C9H19N3O3S/c1-9(8(10)13)4-6-12(7-5-9)16(14,15)11(2)3/h4-7H2,1-3H3,(H2,10,13). The van der Waals surface area contributed by atoms with E-state index in [1.54, 1.807) is 6.92 Å². The van der Waals surface area contributed by atoms with E-state index < -0.39 is 15.6 Å². The molecule has 0 saturated carbocycles. The van der Waals surface area contributed by atoms with Crippen LogP contribution in [0.5, 0.6) is 0 Å². The van der Waals surface area contributed by atoms with Crippen LogP contribution in [0.4, 0.5) is 0 Å². The van der Waals surface area contributed by atoms with Gasteiger partial charge in [0.1, 0.15) is 0 Å². The molecule has 16 heavy (non-hydrogen) atoms. The van der Waals surface area contributed by atoms with Crippen LogP contribution >= 0.6 is 0 Å². The molecule has 0 aromatic rings. The topological polar surface area (TPSA) is 83.7 Å². The maximum atomic E-state index is 11.8. The number of carbonyl (C=O) groups excluding carboxylic acids is 1. The maximum Gasteiger partial charge on any atom is 0.281 e. The molecule has 0 bridgehead atoms. The molecule has 1 amide bonds. The van der Waals surface area contributed by atoms with Crippen molar-refractivity contribution in [3.8, 4) is 0 Å². The Morgan fingerprint density at radius 1 is 1.31 bits per heavy atom. The highest BCUT2D eigenvalue weighted by molar-refractivity contribution is 7.86. The zero-order valence-electron chi connectivity index (χ0n) is 9.93. The minimum absolute atomic E-state index is 0.347. The van der Waals surface area contributed by atoms with E-state index >= 15 is 0 Å². The van der Waals surface area contributed by atoms with E-state index in [1.807, 2.05) is 0 Å². The number of rotatable bonds is 3. The molecule has 1 rings (SSSR count). The lowest BCUT2D eigenvalue weighted by Gasteiger charge is -2.37. The Labute approximate surface area is 96.6 Å². The summed E-state index contributed by atoms with van der Waals surface area (Å²) >= 11 is 0. The Kier molecular flexibility index (Phi) is 3.61. The quantitative estimate of drug-likeness (QED) is 0.723. The zero-order valence-corrected chi connectivity index (χ0v) is 10.7. The van der Waals surface area contributed by atoms with Crippen LogP contribution in [0.2, 0.25) is 0 Å². The number of nitrogens with two attached hydrogens (primary N) is 1. The number of carbonyl (C=O) groups is 1. The minimum atomic E-state index is -3.36. The highest BCUT2D eigenvalue weighted by Gasteiger charge is 2.39. The highest BCUT2D eigenvalue weighted by atomic mass is 32.2. The lowest BCUT2D eigenvalue weighted by atomic mass is 9.80. The average molecular weight is 249 g/mol. The van der Waals surface area contributed by atoms with Gasteiger partial charge < -0.3 is 5.73 Å². The second-order valence-electron chi connectivity index (χ2n) is 4.61. The molecule has 6 nitrogen and oxygen atoms in total. The molecule has 2 N–H and O–H groups in total. The molecule has 0 unspecified atom stereocenters. The fourth-order valence-electron chi connectivity index (χ4n) is 1.69. The summed E-state index contributed by atoms with van der Waals surface area (Å²) in [7, 11) is -0.367. The van der Waals surface area contributed by atoms with Gasteiger partial charge >= 0.3 is 0 Å². The molecule has 0 aliphatic carbocycles. The van der Waals surface area contributed by atoms with Crippen molar-refractivity contribution in [2.24, 2.45) is 11.1 Å². The molecule has 0 atom stereocenters. The summed E-state index contributed by atoms with van der Waals surface area (Å²) in [4.78, 5) is 11.2. The molecule has 7 heteroatoms. The summed E-state index contributed by atoms with van der Waals surface area (Å²) in [5.41, 5.74) is 4.73. The van der Waals surface area contributed by atoms with Crippen LogP contribution in [0.15, 0.2) is 0 Å². The van der Waals surface area contributed by atoms with Crippen LogP contribution in [0, 0.1) is 5.41 Å². The van der Waals surface area contributed by atoms with Crippen LogP contribution in [0.1, 0.15) is 19.8 Å². The smallest absolute Gasteiger partial charge is 0.281 e. The molecule has 0 radical (unpaired) electrons. The van der Waals surface area contributed by atoms with Gasteiger partial charge in [0.2, 0.25) is 5.91 Å². The van der Waals surface area contributed by atoms with Crippen LogP contribution in [-0.2, 0) is 15.0 Å². The van der Waals surface area contributed by atoms with E-state index in [-0.39, 0.29) is 5.91 Å². The number of nitrogens with zero attached hydrogens (tertiary/aromatic N) is 2. The van der Waals surface area contributed by atoms with Crippen LogP contribution in [0.3, 0.4) is 0 Å². The van der Waals surface area contributed by atoms with E-state index in [9.17, 15) is 13.2 Å². The van der Waals surface area contributed by atoms with E-state index in [2.05, 4.69) is 0 Å². The van der Waals surface area contributed by atoms with Gasteiger partial charge in [-0.3, -0.25) is 4.79 Å². The number of piperidine rings is 1. The lowest BCUT2D eigenvalue weighted by Crippen LogP contribution is -2.49. The third-order valence-corrected chi connectivity index (χ3v) is 5.15. The summed E-state index contributed by atoms with van der Waals surface area (Å²) in [6, 6.07) is 0. The van der Waals surface area contributed by atoms with Crippen molar-refractivity contribution in [2.45, 2.75) is 19.8 Å². The Bertz CT molecular complexity index is 369.